The van der Waals surface area contributed by atoms with Gasteiger partial charge in [0.2, 0.25) is 5.89 Å². The zero-order valence-corrected chi connectivity index (χ0v) is 11.0. The van der Waals surface area contributed by atoms with Crippen molar-refractivity contribution in [1.82, 2.24) is 10.1 Å². The van der Waals surface area contributed by atoms with Crippen LogP contribution in [-0.2, 0) is 11.3 Å². The molecule has 0 aliphatic heterocycles. The Hall–Kier alpha value is -1.40. The fraction of sp³-hybridized carbons (Fsp3) is 0.333. The molecular weight excluding hydrogens is 253 g/mol. The predicted molar refractivity (Wildman–Crippen MR) is 67.5 cm³/mol. The van der Waals surface area contributed by atoms with E-state index in [0.717, 1.165) is 4.90 Å². The molecule has 6 heteroatoms. The quantitative estimate of drug-likeness (QED) is 0.863. The number of nitrogens with two attached hydrogens (primary N) is 1. The van der Waals surface area contributed by atoms with Gasteiger partial charge in [-0.3, -0.25) is 0 Å². The van der Waals surface area contributed by atoms with Crippen molar-refractivity contribution in [2.45, 2.75) is 30.0 Å². The van der Waals surface area contributed by atoms with Crippen LogP contribution in [0.2, 0.25) is 0 Å². The highest BCUT2D eigenvalue weighted by molar-refractivity contribution is 7.98. The van der Waals surface area contributed by atoms with Gasteiger partial charge in [-0.15, -0.1) is 11.8 Å². The number of nitrogens with zero attached hydrogens (tertiary/aromatic N) is 2. The lowest BCUT2D eigenvalue weighted by Gasteiger charge is -2.10. The van der Waals surface area contributed by atoms with Gasteiger partial charge in [-0.1, -0.05) is 5.16 Å². The minimum Gasteiger partial charge on any atom is -0.337 e. The van der Waals surface area contributed by atoms with Crippen LogP contribution in [0.4, 0.5) is 4.39 Å². The lowest BCUT2D eigenvalue weighted by atomic mass is 10.1. The Morgan fingerprint density at radius 1 is 1.33 bits per heavy atom. The lowest BCUT2D eigenvalue weighted by Crippen LogP contribution is -2.29. The molecular formula is C12H14FN3OS. The summed E-state index contributed by atoms with van der Waals surface area (Å²) in [5.41, 5.74) is 5.22. The van der Waals surface area contributed by atoms with Crippen LogP contribution in [-0.4, -0.2) is 10.1 Å². The van der Waals surface area contributed by atoms with Crippen LogP contribution in [0.3, 0.4) is 0 Å². The highest BCUT2D eigenvalue weighted by atomic mass is 32.2. The normalized spacial score (nSPS) is 11.8. The zero-order valence-electron chi connectivity index (χ0n) is 10.2. The summed E-state index contributed by atoms with van der Waals surface area (Å²) in [5, 5.41) is 3.85. The van der Waals surface area contributed by atoms with Crippen molar-refractivity contribution in [3.05, 3.63) is 41.8 Å². The Morgan fingerprint density at radius 3 is 2.56 bits per heavy atom. The molecule has 0 fully saturated rings. The van der Waals surface area contributed by atoms with Crippen molar-refractivity contribution >= 4 is 11.8 Å². The van der Waals surface area contributed by atoms with Crippen LogP contribution >= 0.6 is 11.8 Å². The Labute approximate surface area is 109 Å². The van der Waals surface area contributed by atoms with Gasteiger partial charge < -0.3 is 10.3 Å². The molecule has 0 amide bonds. The molecule has 18 heavy (non-hydrogen) atoms. The average molecular weight is 267 g/mol. The smallest absolute Gasteiger partial charge is 0.246 e. The molecule has 0 aliphatic carbocycles. The van der Waals surface area contributed by atoms with E-state index in [1.54, 1.807) is 26.0 Å². The SMILES string of the molecule is CC(C)(N)c1nc(CSc2ccc(F)cc2)no1. The van der Waals surface area contributed by atoms with Crippen LogP contribution in [0.1, 0.15) is 25.6 Å². The fourth-order valence-electron chi connectivity index (χ4n) is 1.25. The molecule has 0 unspecified atom stereocenters. The molecule has 0 saturated carbocycles. The number of hydrogen-bond donors (Lipinski definition) is 1. The summed E-state index contributed by atoms with van der Waals surface area (Å²) in [6.45, 7) is 3.61. The second-order valence-corrected chi connectivity index (χ2v) is 5.53. The number of hydrogen-bond acceptors (Lipinski definition) is 5. The third-order valence-corrected chi connectivity index (χ3v) is 3.21. The first-order valence-corrected chi connectivity index (χ1v) is 6.44. The number of rotatable bonds is 4. The van der Waals surface area contributed by atoms with E-state index in [4.69, 9.17) is 10.3 Å². The van der Waals surface area contributed by atoms with Crippen molar-refractivity contribution in [2.75, 3.05) is 0 Å². The first kappa shape index (κ1) is 13.0. The van der Waals surface area contributed by atoms with Crippen LogP contribution < -0.4 is 5.73 Å². The monoisotopic (exact) mass is 267 g/mol. The Balaban J connectivity index is 1.98. The van der Waals surface area contributed by atoms with Crippen molar-refractivity contribution in [3.63, 3.8) is 0 Å². The summed E-state index contributed by atoms with van der Waals surface area (Å²) in [7, 11) is 0. The summed E-state index contributed by atoms with van der Waals surface area (Å²) in [5.74, 6) is 1.31. The van der Waals surface area contributed by atoms with Crippen LogP contribution in [0, 0.1) is 5.82 Å². The van der Waals surface area contributed by atoms with E-state index < -0.39 is 5.54 Å². The summed E-state index contributed by atoms with van der Waals surface area (Å²) in [6.07, 6.45) is 0. The first-order valence-electron chi connectivity index (χ1n) is 5.45. The van der Waals surface area contributed by atoms with E-state index in [1.165, 1.54) is 23.9 Å². The maximum absolute atomic E-state index is 12.7. The largest absolute Gasteiger partial charge is 0.337 e. The minimum atomic E-state index is -0.633. The van der Waals surface area contributed by atoms with E-state index >= 15 is 0 Å². The zero-order chi connectivity index (χ0) is 13.2. The van der Waals surface area contributed by atoms with Crippen molar-refractivity contribution in [2.24, 2.45) is 5.73 Å². The van der Waals surface area contributed by atoms with Crippen LogP contribution in [0.15, 0.2) is 33.7 Å². The Bertz CT molecular complexity index is 519. The number of halogens is 1. The van der Waals surface area contributed by atoms with E-state index in [0.29, 0.717) is 17.5 Å². The number of thioether (sulfide) groups is 1. The summed E-state index contributed by atoms with van der Waals surface area (Å²) >= 11 is 1.51. The topological polar surface area (TPSA) is 64.9 Å². The highest BCUT2D eigenvalue weighted by Gasteiger charge is 2.22. The molecule has 1 aromatic carbocycles. The highest BCUT2D eigenvalue weighted by Crippen LogP contribution is 2.22. The fourth-order valence-corrected chi connectivity index (χ4v) is 1.99. The molecule has 2 aromatic rings. The molecule has 0 saturated heterocycles. The molecule has 4 nitrogen and oxygen atoms in total. The van der Waals surface area contributed by atoms with E-state index in [2.05, 4.69) is 10.1 Å². The molecule has 2 N–H and O–H groups in total. The average Bonchev–Trinajstić information content (AvgIpc) is 2.77. The molecule has 2 rings (SSSR count). The van der Waals surface area contributed by atoms with Gasteiger partial charge in [-0.25, -0.2) is 4.39 Å². The van der Waals surface area contributed by atoms with E-state index in [9.17, 15) is 4.39 Å². The van der Waals surface area contributed by atoms with Crippen LogP contribution in [0.25, 0.3) is 0 Å². The van der Waals surface area contributed by atoms with Gasteiger partial charge in [0, 0.05) is 4.90 Å². The Kier molecular flexibility index (Phi) is 3.68. The van der Waals surface area contributed by atoms with Gasteiger partial charge in [-0.05, 0) is 38.1 Å². The molecule has 0 spiro atoms. The summed E-state index contributed by atoms with van der Waals surface area (Å²) in [6, 6.07) is 6.28. The van der Waals surface area contributed by atoms with E-state index in [1.807, 2.05) is 0 Å². The maximum atomic E-state index is 12.7. The molecule has 0 aliphatic rings. The first-order chi connectivity index (χ1) is 8.45. The summed E-state index contributed by atoms with van der Waals surface area (Å²) < 4.78 is 17.8. The predicted octanol–water partition coefficient (Wildman–Crippen LogP) is 2.69. The van der Waals surface area contributed by atoms with Gasteiger partial charge in [0.1, 0.15) is 5.82 Å². The molecule has 0 radical (unpaired) electrons. The minimum absolute atomic E-state index is 0.244. The third kappa shape index (κ3) is 3.30. The van der Waals surface area contributed by atoms with Gasteiger partial charge in [0.25, 0.3) is 0 Å². The molecule has 96 valence electrons. The van der Waals surface area contributed by atoms with Crippen molar-refractivity contribution < 1.29 is 8.91 Å². The van der Waals surface area contributed by atoms with E-state index in [-0.39, 0.29) is 5.82 Å². The second kappa shape index (κ2) is 5.07. The number of aromatic nitrogens is 2. The molecule has 1 aromatic heterocycles. The van der Waals surface area contributed by atoms with Crippen molar-refractivity contribution in [3.8, 4) is 0 Å². The molecule has 0 bridgehead atoms. The molecule has 0 atom stereocenters. The van der Waals surface area contributed by atoms with Gasteiger partial charge in [0.05, 0.1) is 11.3 Å². The Morgan fingerprint density at radius 2 is 2.00 bits per heavy atom. The van der Waals surface area contributed by atoms with Gasteiger partial charge >= 0.3 is 0 Å². The summed E-state index contributed by atoms with van der Waals surface area (Å²) in [4.78, 5) is 5.17. The number of benzene rings is 1. The van der Waals surface area contributed by atoms with Crippen molar-refractivity contribution in [1.29, 1.82) is 0 Å². The standard InChI is InChI=1S/C12H14FN3OS/c1-12(2,14)11-15-10(16-17-11)7-18-9-5-3-8(13)4-6-9/h3-6H,7,14H2,1-2H3. The maximum Gasteiger partial charge on any atom is 0.246 e. The lowest BCUT2D eigenvalue weighted by molar-refractivity contribution is 0.310. The van der Waals surface area contributed by atoms with Crippen LogP contribution in [0.5, 0.6) is 0 Å². The van der Waals surface area contributed by atoms with Gasteiger partial charge in [-0.2, -0.15) is 4.98 Å². The molecule has 1 heterocycles. The third-order valence-electron chi connectivity index (χ3n) is 2.20. The van der Waals surface area contributed by atoms with Gasteiger partial charge in [0.15, 0.2) is 5.82 Å². The second-order valence-electron chi connectivity index (χ2n) is 4.48.